The Kier molecular flexibility index (Phi) is 11.3. The van der Waals surface area contributed by atoms with Gasteiger partial charge in [0.2, 0.25) is 0 Å². The maximum absolute atomic E-state index is 10.6. The average Bonchev–Trinajstić information content (AvgIpc) is 3.25. The third-order valence-electron chi connectivity index (χ3n) is 5.24. The van der Waals surface area contributed by atoms with E-state index in [1.54, 1.807) is 0 Å². The van der Waals surface area contributed by atoms with Gasteiger partial charge in [-0.15, -0.1) is 5.10 Å². The second-order valence-corrected chi connectivity index (χ2v) is 9.75. The molecule has 2 saturated heterocycles. The van der Waals surface area contributed by atoms with Crippen LogP contribution in [0.2, 0.25) is 0 Å². The highest BCUT2D eigenvalue weighted by molar-refractivity contribution is 7.99. The third-order valence-corrected chi connectivity index (χ3v) is 6.28. The van der Waals surface area contributed by atoms with Gasteiger partial charge in [-0.3, -0.25) is 0 Å². The topological polar surface area (TPSA) is 135 Å². The molecule has 0 aliphatic carbocycles. The van der Waals surface area contributed by atoms with Gasteiger partial charge in [-0.05, 0) is 51.0 Å². The van der Waals surface area contributed by atoms with Crippen molar-refractivity contribution in [2.45, 2.75) is 69.5 Å². The van der Waals surface area contributed by atoms with Crippen LogP contribution in [0.25, 0.3) is 0 Å². The number of nitrogens with two attached hydrogens (primary N) is 1. The Hall–Kier alpha value is -2.07. The molecule has 0 unspecified atom stereocenters. The van der Waals surface area contributed by atoms with E-state index in [1.807, 2.05) is 24.7 Å². The van der Waals surface area contributed by atoms with Gasteiger partial charge >= 0.3 is 24.3 Å². The molecule has 0 radical (unpaired) electrons. The van der Waals surface area contributed by atoms with Crippen LogP contribution in [0.4, 0.5) is 26.3 Å². The van der Waals surface area contributed by atoms with Gasteiger partial charge in [0.15, 0.2) is 0 Å². The molecule has 1 aromatic rings. The first-order chi connectivity index (χ1) is 15.9. The Morgan fingerprint density at radius 2 is 1.37 bits per heavy atom. The molecule has 16 heteroatoms. The number of hydrogen-bond donors (Lipinski definition) is 3. The summed E-state index contributed by atoms with van der Waals surface area (Å²) in [7, 11) is 0. The lowest BCUT2D eigenvalue weighted by Crippen LogP contribution is -2.43. The van der Waals surface area contributed by atoms with Crippen LogP contribution in [0.15, 0.2) is 6.20 Å². The number of carboxylic acid groups (broad SMARTS) is 2. The predicted octanol–water partition coefficient (Wildman–Crippen LogP) is 3.27. The van der Waals surface area contributed by atoms with Crippen LogP contribution in [0.3, 0.4) is 0 Å². The van der Waals surface area contributed by atoms with Gasteiger partial charge in [-0.25, -0.2) is 14.3 Å². The summed E-state index contributed by atoms with van der Waals surface area (Å²) < 4.78 is 65.5. The monoisotopic (exact) mass is 537 g/mol. The maximum atomic E-state index is 10.6. The molecular weight excluding hydrogens is 508 g/mol. The summed E-state index contributed by atoms with van der Waals surface area (Å²) in [5.74, 6) is -2.84. The second kappa shape index (κ2) is 12.8. The molecule has 0 bridgehead atoms. The van der Waals surface area contributed by atoms with Crippen LogP contribution in [-0.4, -0.2) is 85.0 Å². The highest BCUT2D eigenvalue weighted by atomic mass is 32.2. The van der Waals surface area contributed by atoms with Crippen molar-refractivity contribution in [2.75, 3.05) is 24.6 Å². The van der Waals surface area contributed by atoms with Crippen molar-refractivity contribution >= 4 is 23.7 Å². The van der Waals surface area contributed by atoms with Gasteiger partial charge in [0.05, 0.1) is 17.8 Å². The normalized spacial score (nSPS) is 18.7. The number of carbonyl (C=O) groups is 2. The van der Waals surface area contributed by atoms with Crippen LogP contribution < -0.4 is 5.73 Å². The van der Waals surface area contributed by atoms with Gasteiger partial charge < -0.3 is 20.8 Å². The quantitative estimate of drug-likeness (QED) is 0.497. The molecule has 0 aromatic carbocycles. The summed E-state index contributed by atoms with van der Waals surface area (Å²) in [6, 6.07) is 1.31. The number of likely N-dealkylation sites (tertiary alicyclic amines) is 1. The van der Waals surface area contributed by atoms with Crippen molar-refractivity contribution in [3.05, 3.63) is 11.9 Å². The molecule has 3 heterocycles. The Bertz CT molecular complexity index is 790. The zero-order valence-corrected chi connectivity index (χ0v) is 20.0. The maximum Gasteiger partial charge on any atom is 0.490 e. The summed E-state index contributed by atoms with van der Waals surface area (Å²) >= 11 is 2.10. The minimum absolute atomic E-state index is 0.404. The number of hydrogen-bond acceptors (Lipinski definition) is 7. The van der Waals surface area contributed by atoms with Crippen molar-refractivity contribution in [2.24, 2.45) is 5.73 Å². The number of rotatable bonds is 3. The summed E-state index contributed by atoms with van der Waals surface area (Å²) in [6.07, 6.45) is -3.04. The van der Waals surface area contributed by atoms with E-state index in [0.717, 1.165) is 11.7 Å². The third kappa shape index (κ3) is 11.0. The molecule has 4 N–H and O–H groups in total. The minimum atomic E-state index is -5.08. The Morgan fingerprint density at radius 1 is 0.943 bits per heavy atom. The lowest BCUT2D eigenvalue weighted by atomic mass is 10.0. The summed E-state index contributed by atoms with van der Waals surface area (Å²) in [5, 5.41) is 22.8. The van der Waals surface area contributed by atoms with E-state index in [0.29, 0.717) is 6.04 Å². The second-order valence-electron chi connectivity index (χ2n) is 8.52. The number of halogens is 6. The van der Waals surface area contributed by atoms with E-state index in [9.17, 15) is 26.3 Å². The molecule has 1 aromatic heterocycles. The van der Waals surface area contributed by atoms with Crippen LogP contribution in [-0.2, 0) is 15.1 Å². The van der Waals surface area contributed by atoms with E-state index in [2.05, 4.69) is 27.0 Å². The smallest absolute Gasteiger partial charge is 0.475 e. The Labute approximate surface area is 202 Å². The standard InChI is InChI=1S/C15H27N5S.2C2HF3O2/c1-15(2,16)14-11-20(18-17-14)13-3-7-19(8-4-13)12-5-9-21-10-6-12;2*3-2(4,5)1(6)7/h11-13H,3-10,16H2,1-2H3;2*(H,6,7). The van der Waals surface area contributed by atoms with Crippen LogP contribution in [0.1, 0.15) is 51.3 Å². The van der Waals surface area contributed by atoms with Crippen molar-refractivity contribution < 1.29 is 46.1 Å². The van der Waals surface area contributed by atoms with Gasteiger partial charge in [-0.1, -0.05) is 5.21 Å². The van der Waals surface area contributed by atoms with Crippen molar-refractivity contribution in [3.8, 4) is 0 Å². The predicted molar refractivity (Wildman–Crippen MR) is 115 cm³/mol. The molecule has 0 amide bonds. The molecule has 0 saturated carbocycles. The van der Waals surface area contributed by atoms with Crippen LogP contribution in [0, 0.1) is 0 Å². The number of aromatic nitrogens is 3. The van der Waals surface area contributed by atoms with Gasteiger partial charge in [-0.2, -0.15) is 38.1 Å². The highest BCUT2D eigenvalue weighted by Crippen LogP contribution is 2.28. The molecule has 0 atom stereocenters. The molecule has 0 spiro atoms. The molecule has 35 heavy (non-hydrogen) atoms. The number of carboxylic acids is 2. The minimum Gasteiger partial charge on any atom is -0.475 e. The first-order valence-corrected chi connectivity index (χ1v) is 11.7. The van der Waals surface area contributed by atoms with Crippen LogP contribution >= 0.6 is 11.8 Å². The average molecular weight is 538 g/mol. The fourth-order valence-electron chi connectivity index (χ4n) is 3.32. The molecule has 2 aliphatic heterocycles. The summed E-state index contributed by atoms with van der Waals surface area (Å²) in [5.41, 5.74) is 6.57. The van der Waals surface area contributed by atoms with Gasteiger partial charge in [0, 0.05) is 19.1 Å². The molecule has 2 fully saturated rings. The number of thioether (sulfide) groups is 1. The van der Waals surface area contributed by atoms with Crippen molar-refractivity contribution in [3.63, 3.8) is 0 Å². The van der Waals surface area contributed by atoms with Crippen LogP contribution in [0.5, 0.6) is 0 Å². The highest BCUT2D eigenvalue weighted by Gasteiger charge is 2.39. The largest absolute Gasteiger partial charge is 0.490 e. The Balaban J connectivity index is 0.000000362. The zero-order valence-electron chi connectivity index (χ0n) is 19.1. The van der Waals surface area contributed by atoms with Gasteiger partial charge in [0.1, 0.15) is 5.69 Å². The lowest BCUT2D eigenvalue weighted by Gasteiger charge is -2.39. The molecular formula is C19H29F6N5O4S. The lowest BCUT2D eigenvalue weighted by molar-refractivity contribution is -0.193. The molecule has 3 rings (SSSR count). The number of alkyl halides is 6. The zero-order chi connectivity index (χ0) is 27.0. The summed E-state index contributed by atoms with van der Waals surface area (Å²) in [4.78, 5) is 20.5. The fraction of sp³-hybridized carbons (Fsp3) is 0.789. The SMILES string of the molecule is CC(C)(N)c1cn(C2CCN(C3CCSCC3)CC2)nn1.O=C(O)C(F)(F)F.O=C(O)C(F)(F)F. The number of nitrogens with zero attached hydrogens (tertiary/aromatic N) is 4. The van der Waals surface area contributed by atoms with Crippen molar-refractivity contribution in [1.82, 2.24) is 19.9 Å². The van der Waals surface area contributed by atoms with E-state index in [1.165, 1.54) is 50.3 Å². The van der Waals surface area contributed by atoms with E-state index in [4.69, 9.17) is 25.5 Å². The van der Waals surface area contributed by atoms with E-state index in [-0.39, 0.29) is 0 Å². The Morgan fingerprint density at radius 3 is 1.71 bits per heavy atom. The van der Waals surface area contributed by atoms with E-state index < -0.39 is 29.8 Å². The fourth-order valence-corrected chi connectivity index (χ4v) is 4.40. The first-order valence-electron chi connectivity index (χ1n) is 10.6. The molecule has 2 aliphatic rings. The molecule has 9 nitrogen and oxygen atoms in total. The number of piperidine rings is 1. The summed E-state index contributed by atoms with van der Waals surface area (Å²) in [6.45, 7) is 6.35. The van der Waals surface area contributed by atoms with Gasteiger partial charge in [0.25, 0.3) is 0 Å². The van der Waals surface area contributed by atoms with E-state index >= 15 is 0 Å². The number of aliphatic carboxylic acids is 2. The van der Waals surface area contributed by atoms with Crippen molar-refractivity contribution in [1.29, 1.82) is 0 Å². The first kappa shape index (κ1) is 31.0. The molecule has 202 valence electrons.